The molecule has 1 saturated heterocycles. The van der Waals surface area contributed by atoms with Crippen LogP contribution in [-0.2, 0) is 4.74 Å². The van der Waals surface area contributed by atoms with Gasteiger partial charge in [-0.05, 0) is 39.5 Å². The van der Waals surface area contributed by atoms with Crippen molar-refractivity contribution in [1.29, 1.82) is 5.26 Å². The molecular formula is C14H25N3O. The Morgan fingerprint density at radius 2 is 2.00 bits per heavy atom. The van der Waals surface area contributed by atoms with E-state index < -0.39 is 0 Å². The average molecular weight is 251 g/mol. The zero-order valence-electron chi connectivity index (χ0n) is 11.6. The largest absolute Gasteiger partial charge is 0.378 e. The lowest BCUT2D eigenvalue weighted by atomic mass is 10.0. The van der Waals surface area contributed by atoms with E-state index in [1.807, 2.05) is 6.92 Å². The summed E-state index contributed by atoms with van der Waals surface area (Å²) in [5.74, 6) is 0. The maximum absolute atomic E-state index is 9.36. The second kappa shape index (κ2) is 6.01. The number of hydrogen-bond donors (Lipinski definition) is 1. The summed E-state index contributed by atoms with van der Waals surface area (Å²) in [6.07, 6.45) is 5.07. The molecule has 0 radical (unpaired) electrons. The van der Waals surface area contributed by atoms with Crippen LogP contribution in [0.15, 0.2) is 0 Å². The fraction of sp³-hybridized carbons (Fsp3) is 0.929. The van der Waals surface area contributed by atoms with Crippen LogP contribution in [-0.4, -0.2) is 48.8 Å². The van der Waals surface area contributed by atoms with Gasteiger partial charge in [0, 0.05) is 32.3 Å². The lowest BCUT2D eigenvalue weighted by Gasteiger charge is -2.36. The molecule has 0 aromatic heterocycles. The molecule has 18 heavy (non-hydrogen) atoms. The molecule has 0 aromatic carbocycles. The first kappa shape index (κ1) is 13.8. The maximum atomic E-state index is 9.36. The Balaban J connectivity index is 1.77. The Morgan fingerprint density at radius 3 is 2.50 bits per heavy atom. The van der Waals surface area contributed by atoms with Gasteiger partial charge in [-0.3, -0.25) is 5.32 Å². The summed E-state index contributed by atoms with van der Waals surface area (Å²) in [7, 11) is 0. The molecule has 1 aliphatic carbocycles. The number of rotatable bonds is 6. The third-order valence-electron chi connectivity index (χ3n) is 3.82. The molecule has 1 atom stereocenters. The predicted molar refractivity (Wildman–Crippen MR) is 71.3 cm³/mol. The highest BCUT2D eigenvalue weighted by Crippen LogP contribution is 2.23. The zero-order chi connectivity index (χ0) is 13.0. The highest BCUT2D eigenvalue weighted by Gasteiger charge is 2.34. The van der Waals surface area contributed by atoms with E-state index in [0.29, 0.717) is 12.1 Å². The quantitative estimate of drug-likeness (QED) is 0.777. The van der Waals surface area contributed by atoms with Gasteiger partial charge >= 0.3 is 0 Å². The molecule has 1 aliphatic heterocycles. The number of nitrogens with zero attached hydrogens (tertiary/aromatic N) is 2. The molecule has 102 valence electrons. The van der Waals surface area contributed by atoms with Crippen LogP contribution in [0.1, 0.15) is 39.5 Å². The second-order valence-electron chi connectivity index (χ2n) is 5.79. The summed E-state index contributed by atoms with van der Waals surface area (Å²) in [5.41, 5.74) is -0.389. The van der Waals surface area contributed by atoms with Crippen LogP contribution >= 0.6 is 0 Å². The SMILES string of the molecule is CCOC1CCN(CC(C)(C#N)NC2CC2)CC1. The first-order chi connectivity index (χ1) is 8.65. The molecule has 0 spiro atoms. The molecule has 1 heterocycles. The van der Waals surface area contributed by atoms with Crippen molar-refractivity contribution in [2.75, 3.05) is 26.2 Å². The minimum atomic E-state index is -0.389. The summed E-state index contributed by atoms with van der Waals surface area (Å²) in [6.45, 7) is 7.82. The number of piperidine rings is 1. The maximum Gasteiger partial charge on any atom is 0.116 e. The van der Waals surface area contributed by atoms with Crippen LogP contribution in [0.4, 0.5) is 0 Å². The van der Waals surface area contributed by atoms with E-state index in [9.17, 15) is 5.26 Å². The summed E-state index contributed by atoms with van der Waals surface area (Å²) in [6, 6.07) is 3.03. The topological polar surface area (TPSA) is 48.3 Å². The second-order valence-corrected chi connectivity index (χ2v) is 5.79. The molecule has 4 nitrogen and oxygen atoms in total. The van der Waals surface area contributed by atoms with Crippen molar-refractivity contribution in [3.05, 3.63) is 0 Å². The molecule has 0 aromatic rings. The Bertz CT molecular complexity index is 303. The monoisotopic (exact) mass is 251 g/mol. The summed E-state index contributed by atoms with van der Waals surface area (Å²) < 4.78 is 5.65. The van der Waals surface area contributed by atoms with Crippen molar-refractivity contribution in [2.24, 2.45) is 0 Å². The fourth-order valence-corrected chi connectivity index (χ4v) is 2.71. The van der Waals surface area contributed by atoms with E-state index in [4.69, 9.17) is 4.74 Å². The first-order valence-corrected chi connectivity index (χ1v) is 7.18. The lowest BCUT2D eigenvalue weighted by Crippen LogP contribution is -2.53. The van der Waals surface area contributed by atoms with Gasteiger partial charge in [0.15, 0.2) is 0 Å². The number of likely N-dealkylation sites (tertiary alicyclic amines) is 1. The van der Waals surface area contributed by atoms with Crippen molar-refractivity contribution < 1.29 is 4.74 Å². The van der Waals surface area contributed by atoms with Crippen LogP contribution in [0.25, 0.3) is 0 Å². The predicted octanol–water partition coefficient (Wildman–Crippen LogP) is 1.52. The first-order valence-electron chi connectivity index (χ1n) is 7.18. The molecular weight excluding hydrogens is 226 g/mol. The van der Waals surface area contributed by atoms with E-state index >= 15 is 0 Å². The molecule has 2 aliphatic rings. The van der Waals surface area contributed by atoms with Crippen molar-refractivity contribution in [1.82, 2.24) is 10.2 Å². The molecule has 0 amide bonds. The van der Waals surface area contributed by atoms with Crippen LogP contribution in [0.2, 0.25) is 0 Å². The number of nitriles is 1. The summed E-state index contributed by atoms with van der Waals surface area (Å²) in [5, 5.41) is 12.8. The number of ether oxygens (including phenoxy) is 1. The lowest BCUT2D eigenvalue weighted by molar-refractivity contribution is 0.0107. The van der Waals surface area contributed by atoms with Crippen molar-refractivity contribution in [2.45, 2.75) is 57.2 Å². The van der Waals surface area contributed by atoms with Crippen LogP contribution in [0.3, 0.4) is 0 Å². The van der Waals surface area contributed by atoms with Gasteiger partial charge in [0.25, 0.3) is 0 Å². The standard InChI is InChI=1S/C14H25N3O/c1-3-18-13-6-8-17(9-7-13)11-14(2,10-15)16-12-4-5-12/h12-13,16H,3-9,11H2,1-2H3. The Hall–Kier alpha value is -0.630. The number of nitrogens with one attached hydrogen (secondary N) is 1. The normalized spacial score (nSPS) is 25.6. The Labute approximate surface area is 110 Å². The van der Waals surface area contributed by atoms with Gasteiger partial charge in [0.05, 0.1) is 12.2 Å². The molecule has 2 rings (SSSR count). The molecule has 2 fully saturated rings. The van der Waals surface area contributed by atoms with E-state index in [-0.39, 0.29) is 5.54 Å². The average Bonchev–Trinajstić information content (AvgIpc) is 3.16. The van der Waals surface area contributed by atoms with Gasteiger partial charge < -0.3 is 9.64 Å². The highest BCUT2D eigenvalue weighted by molar-refractivity contribution is 5.09. The Kier molecular flexibility index (Phi) is 4.60. The van der Waals surface area contributed by atoms with Gasteiger partial charge in [-0.15, -0.1) is 0 Å². The molecule has 0 bridgehead atoms. The van der Waals surface area contributed by atoms with E-state index in [1.54, 1.807) is 0 Å². The van der Waals surface area contributed by atoms with Crippen molar-refractivity contribution in [3.63, 3.8) is 0 Å². The van der Waals surface area contributed by atoms with Crippen LogP contribution in [0.5, 0.6) is 0 Å². The molecule has 1 N–H and O–H groups in total. The molecule has 4 heteroatoms. The van der Waals surface area contributed by atoms with E-state index in [1.165, 1.54) is 12.8 Å². The smallest absolute Gasteiger partial charge is 0.116 e. The van der Waals surface area contributed by atoms with Gasteiger partial charge in [0.2, 0.25) is 0 Å². The summed E-state index contributed by atoms with van der Waals surface area (Å²) in [4.78, 5) is 2.40. The minimum absolute atomic E-state index is 0.389. The van der Waals surface area contributed by atoms with Gasteiger partial charge in [0.1, 0.15) is 5.54 Å². The van der Waals surface area contributed by atoms with Crippen molar-refractivity contribution >= 4 is 0 Å². The van der Waals surface area contributed by atoms with E-state index in [2.05, 4.69) is 23.2 Å². The Morgan fingerprint density at radius 1 is 1.33 bits per heavy atom. The zero-order valence-corrected chi connectivity index (χ0v) is 11.6. The van der Waals surface area contributed by atoms with E-state index in [0.717, 1.165) is 39.1 Å². The van der Waals surface area contributed by atoms with Gasteiger partial charge in [-0.25, -0.2) is 0 Å². The van der Waals surface area contributed by atoms with Crippen LogP contribution < -0.4 is 5.32 Å². The minimum Gasteiger partial charge on any atom is -0.378 e. The summed E-state index contributed by atoms with van der Waals surface area (Å²) >= 11 is 0. The fourth-order valence-electron chi connectivity index (χ4n) is 2.71. The third kappa shape index (κ3) is 3.94. The third-order valence-corrected chi connectivity index (χ3v) is 3.82. The number of hydrogen-bond acceptors (Lipinski definition) is 4. The highest BCUT2D eigenvalue weighted by atomic mass is 16.5. The van der Waals surface area contributed by atoms with Crippen LogP contribution in [0, 0.1) is 11.3 Å². The van der Waals surface area contributed by atoms with Crippen molar-refractivity contribution in [3.8, 4) is 6.07 Å². The van der Waals surface area contributed by atoms with Gasteiger partial charge in [-0.1, -0.05) is 0 Å². The molecule has 1 unspecified atom stereocenters. The van der Waals surface area contributed by atoms with Gasteiger partial charge in [-0.2, -0.15) is 5.26 Å². The molecule has 1 saturated carbocycles.